The van der Waals surface area contributed by atoms with Crippen molar-refractivity contribution >= 4 is 74.9 Å². The number of para-hydroxylation sites is 2. The number of rotatable bonds is 5. The van der Waals surface area contributed by atoms with Crippen LogP contribution in [-0.2, 0) is 0 Å². The number of nitrogens with zero attached hydrogens (tertiary/aromatic N) is 5. The minimum Gasteiger partial charge on any atom is -0.309 e. The number of thiophene rings is 1. The van der Waals surface area contributed by atoms with Crippen LogP contribution in [0.2, 0.25) is 0 Å². The molecule has 0 aliphatic carbocycles. The topological polar surface area (TPSA) is 56.5 Å². The van der Waals surface area contributed by atoms with Gasteiger partial charge in [-0.25, -0.2) is 19.9 Å². The molecule has 0 saturated heterocycles. The van der Waals surface area contributed by atoms with Gasteiger partial charge in [-0.2, -0.15) is 0 Å². The van der Waals surface area contributed by atoms with Crippen molar-refractivity contribution in [2.45, 2.75) is 0 Å². The van der Waals surface area contributed by atoms with Crippen molar-refractivity contribution in [3.8, 4) is 50.4 Å². The molecule has 0 saturated carbocycles. The molecule has 0 atom stereocenters. The van der Waals surface area contributed by atoms with Crippen LogP contribution in [0.5, 0.6) is 0 Å². The van der Waals surface area contributed by atoms with Crippen LogP contribution in [-0.4, -0.2) is 24.5 Å². The summed E-state index contributed by atoms with van der Waals surface area (Å²) in [6.45, 7) is 0. The monoisotopic (exact) mass is 713 g/mol. The third-order valence-electron chi connectivity index (χ3n) is 9.90. The van der Waals surface area contributed by atoms with E-state index in [-0.39, 0.29) is 0 Å². The largest absolute Gasteiger partial charge is 0.309 e. The van der Waals surface area contributed by atoms with Gasteiger partial charge in [-0.1, -0.05) is 103 Å². The van der Waals surface area contributed by atoms with Crippen LogP contribution < -0.4 is 0 Å². The van der Waals surface area contributed by atoms with E-state index in [0.29, 0.717) is 17.5 Å². The van der Waals surface area contributed by atoms with E-state index in [1.54, 1.807) is 11.3 Å². The Bertz CT molecular complexity index is 3150. The highest BCUT2D eigenvalue weighted by molar-refractivity contribution is 7.25. The van der Waals surface area contributed by atoms with Gasteiger partial charge < -0.3 is 4.57 Å². The van der Waals surface area contributed by atoms with Gasteiger partial charge in [0.1, 0.15) is 0 Å². The Morgan fingerprint density at radius 3 is 1.89 bits per heavy atom. The van der Waals surface area contributed by atoms with Crippen LogP contribution in [0.15, 0.2) is 164 Å². The minimum absolute atomic E-state index is 0.581. The number of hydrogen-bond donors (Lipinski definition) is 0. The van der Waals surface area contributed by atoms with Gasteiger partial charge in [0, 0.05) is 47.8 Å². The van der Waals surface area contributed by atoms with E-state index >= 15 is 0 Å². The first-order chi connectivity index (χ1) is 26.2. The molecule has 7 heteroatoms. The van der Waals surface area contributed by atoms with Crippen LogP contribution in [0.3, 0.4) is 0 Å². The summed E-state index contributed by atoms with van der Waals surface area (Å²) in [4.78, 5) is 19.8. The summed E-state index contributed by atoms with van der Waals surface area (Å²) in [5.41, 5.74) is 8.81. The second-order valence-electron chi connectivity index (χ2n) is 13.1. The summed E-state index contributed by atoms with van der Waals surface area (Å²) in [5.74, 6) is 1.84. The molecule has 0 N–H and O–H groups in total. The Morgan fingerprint density at radius 2 is 1.04 bits per heavy atom. The summed E-state index contributed by atoms with van der Waals surface area (Å²) < 4.78 is 5.96. The zero-order chi connectivity index (χ0) is 34.9. The number of thiazole rings is 1. The molecule has 0 aliphatic heterocycles. The minimum atomic E-state index is 0.581. The Labute approximate surface area is 312 Å². The van der Waals surface area contributed by atoms with E-state index in [1.807, 2.05) is 59.9 Å². The van der Waals surface area contributed by atoms with Gasteiger partial charge in [0.15, 0.2) is 22.5 Å². The molecule has 0 amide bonds. The molecular weight excluding hydrogens is 687 g/mol. The second kappa shape index (κ2) is 12.0. The maximum absolute atomic E-state index is 5.02. The maximum Gasteiger partial charge on any atom is 0.192 e. The maximum atomic E-state index is 5.02. The molecule has 0 spiro atoms. The number of benzene rings is 7. The van der Waals surface area contributed by atoms with Crippen molar-refractivity contribution in [2.75, 3.05) is 0 Å². The Hall–Kier alpha value is -6.54. The first kappa shape index (κ1) is 30.1. The summed E-state index contributed by atoms with van der Waals surface area (Å²) in [6, 6.07) is 57.8. The lowest BCUT2D eigenvalue weighted by atomic mass is 10.0. The Morgan fingerprint density at radius 1 is 0.358 bits per heavy atom. The summed E-state index contributed by atoms with van der Waals surface area (Å²) >= 11 is 3.42. The van der Waals surface area contributed by atoms with Crippen LogP contribution in [0.25, 0.3) is 103 Å². The summed E-state index contributed by atoms with van der Waals surface area (Å²) in [5, 5.41) is 5.68. The zero-order valence-electron chi connectivity index (χ0n) is 28.1. The van der Waals surface area contributed by atoms with Gasteiger partial charge in [-0.15, -0.1) is 22.7 Å². The molecule has 0 radical (unpaired) electrons. The van der Waals surface area contributed by atoms with Crippen LogP contribution in [0.4, 0.5) is 0 Å². The van der Waals surface area contributed by atoms with E-state index in [9.17, 15) is 0 Å². The van der Waals surface area contributed by atoms with Gasteiger partial charge in [-0.3, -0.25) is 0 Å². The summed E-state index contributed by atoms with van der Waals surface area (Å²) in [6.07, 6.45) is 0. The van der Waals surface area contributed by atoms with Crippen molar-refractivity contribution < 1.29 is 0 Å². The average molecular weight is 714 g/mol. The highest BCUT2D eigenvalue weighted by Gasteiger charge is 2.18. The molecule has 4 aromatic heterocycles. The third kappa shape index (κ3) is 5.04. The molecule has 0 bridgehead atoms. The van der Waals surface area contributed by atoms with Gasteiger partial charge in [-0.05, 0) is 71.8 Å². The third-order valence-corrected chi connectivity index (χ3v) is 12.1. The molecule has 0 aliphatic rings. The fraction of sp³-hybridized carbons (Fsp3) is 0. The molecule has 53 heavy (non-hydrogen) atoms. The molecule has 0 fully saturated rings. The van der Waals surface area contributed by atoms with Crippen LogP contribution >= 0.6 is 22.7 Å². The average Bonchev–Trinajstić information content (AvgIpc) is 3.92. The van der Waals surface area contributed by atoms with E-state index < -0.39 is 0 Å². The SMILES string of the molecule is c1ccc(-c2ccc3c(c2)c2ccccc2n3-c2ccc3c(c2)sc2ccc(-c4nc(-c5ccccc5)nc(-c5nc6ccccc6s5)n4)cc23)cc1. The van der Waals surface area contributed by atoms with E-state index in [2.05, 4.69) is 120 Å². The lowest BCUT2D eigenvalue weighted by molar-refractivity contribution is 1.07. The Balaban J connectivity index is 1.04. The van der Waals surface area contributed by atoms with Gasteiger partial charge >= 0.3 is 0 Å². The predicted molar refractivity (Wildman–Crippen MR) is 222 cm³/mol. The van der Waals surface area contributed by atoms with Crippen molar-refractivity contribution in [3.05, 3.63) is 164 Å². The first-order valence-electron chi connectivity index (χ1n) is 17.5. The second-order valence-corrected chi connectivity index (χ2v) is 15.2. The predicted octanol–water partition coefficient (Wildman–Crippen LogP) is 12.6. The molecule has 11 rings (SSSR count). The Kier molecular flexibility index (Phi) is 6.83. The molecule has 7 aromatic carbocycles. The molecular formula is C46H27N5S2. The smallest absolute Gasteiger partial charge is 0.192 e. The van der Waals surface area contributed by atoms with Crippen LogP contribution in [0, 0.1) is 0 Å². The first-order valence-corrected chi connectivity index (χ1v) is 19.1. The van der Waals surface area contributed by atoms with Crippen molar-refractivity contribution in [1.82, 2.24) is 24.5 Å². The van der Waals surface area contributed by atoms with Crippen molar-refractivity contribution in [2.24, 2.45) is 0 Å². The molecule has 4 heterocycles. The standard InChI is InChI=1S/C46H27N5S2/c1-3-11-28(12-4-1)30-19-23-39-35(25-30)33-15-7-9-17-38(33)51(39)32-21-22-34-36-26-31(20-24-40(36)52-42(34)27-32)44-48-43(29-13-5-2-6-14-29)49-45(50-44)46-47-37-16-8-10-18-41(37)53-46/h1-27H. The van der Waals surface area contributed by atoms with Gasteiger partial charge in [0.05, 0.1) is 21.3 Å². The molecule has 5 nitrogen and oxygen atoms in total. The van der Waals surface area contributed by atoms with Crippen molar-refractivity contribution in [1.29, 1.82) is 0 Å². The van der Waals surface area contributed by atoms with Gasteiger partial charge in [0.2, 0.25) is 0 Å². The van der Waals surface area contributed by atoms with E-state index in [1.165, 1.54) is 53.1 Å². The summed E-state index contributed by atoms with van der Waals surface area (Å²) in [7, 11) is 0. The van der Waals surface area contributed by atoms with E-state index in [4.69, 9.17) is 19.9 Å². The van der Waals surface area contributed by atoms with Crippen LogP contribution in [0.1, 0.15) is 0 Å². The lowest BCUT2D eigenvalue weighted by Crippen LogP contribution is -1.99. The van der Waals surface area contributed by atoms with E-state index in [0.717, 1.165) is 32.0 Å². The zero-order valence-corrected chi connectivity index (χ0v) is 29.8. The molecule has 0 unspecified atom stereocenters. The lowest BCUT2D eigenvalue weighted by Gasteiger charge is -2.09. The number of fused-ring (bicyclic) bond motifs is 7. The highest BCUT2D eigenvalue weighted by atomic mass is 32.1. The highest BCUT2D eigenvalue weighted by Crippen LogP contribution is 2.40. The number of hydrogen-bond acceptors (Lipinski definition) is 6. The quantitative estimate of drug-likeness (QED) is 0.178. The fourth-order valence-electron chi connectivity index (χ4n) is 7.39. The van der Waals surface area contributed by atoms with Gasteiger partial charge in [0.25, 0.3) is 0 Å². The molecule has 248 valence electrons. The number of aromatic nitrogens is 5. The van der Waals surface area contributed by atoms with Crippen molar-refractivity contribution in [3.63, 3.8) is 0 Å². The molecule has 11 aromatic rings. The fourth-order valence-corrected chi connectivity index (χ4v) is 9.41. The normalized spacial score (nSPS) is 11.8.